The molecule has 0 radical (unpaired) electrons. The Hall–Kier alpha value is -7.28. The second-order valence-corrected chi connectivity index (χ2v) is 21.7. The van der Waals surface area contributed by atoms with Crippen LogP contribution in [0.25, 0.3) is 98.0 Å². The first-order valence-electron chi connectivity index (χ1n) is 25.1. The second kappa shape index (κ2) is 13.7. The quantitative estimate of drug-likeness (QED) is 0.155. The third-order valence-electron chi connectivity index (χ3n) is 17.5. The molecule has 15 rings (SSSR count). The summed E-state index contributed by atoms with van der Waals surface area (Å²) in [4.78, 5) is 0. The van der Waals surface area contributed by atoms with Crippen molar-refractivity contribution in [3.05, 3.63) is 227 Å². The van der Waals surface area contributed by atoms with Crippen LogP contribution in [0.5, 0.6) is 0 Å². The summed E-state index contributed by atoms with van der Waals surface area (Å²) in [6.45, 7) is 10.2. The monoisotopic (exact) mass is 868 g/mol. The number of allylic oxidation sites excluding steroid dienone is 12. The second-order valence-electron chi connectivity index (χ2n) is 21.7. The highest BCUT2D eigenvalue weighted by molar-refractivity contribution is 6.27. The zero-order valence-electron chi connectivity index (χ0n) is 39.3. The third-order valence-corrected chi connectivity index (χ3v) is 17.5. The van der Waals surface area contributed by atoms with Crippen LogP contribution in [0.15, 0.2) is 205 Å². The number of hydrogen-bond acceptors (Lipinski definition) is 0. The predicted octanol–water partition coefficient (Wildman–Crippen LogP) is 18.3. The zero-order chi connectivity index (χ0) is 45.2. The van der Waals surface area contributed by atoms with Crippen LogP contribution in [0.1, 0.15) is 69.2 Å². The standard InChI is InChI=1S/C68H52/c1-67(2)55-37-47(49-31-25-45-23-21-41-17-11-19-43-27-33-51(49)59(45)57(41)43)29-35-53(55)63-61(39-13-7-5-8-14-39)62(40-15-9-6-10-16-40)64-54-36-30-48(38-56(54)68(3,4)66(64)65(63)67)50-32-26-46-24-22-42-18-12-20-44-28-34-52(50)60(46)58(42)44/h5,7-9,11-13,15-39,61-62H,6,10,14H2,1-4H3. The van der Waals surface area contributed by atoms with E-state index >= 15 is 0 Å². The molecule has 0 heterocycles. The molecule has 0 saturated carbocycles. The minimum atomic E-state index is -0.232. The van der Waals surface area contributed by atoms with Crippen molar-refractivity contribution in [2.45, 2.75) is 57.8 Å². The van der Waals surface area contributed by atoms with Gasteiger partial charge in [-0.25, -0.2) is 0 Å². The Balaban J connectivity index is 0.946. The molecule has 10 aromatic rings. The summed E-state index contributed by atoms with van der Waals surface area (Å²) >= 11 is 0. The van der Waals surface area contributed by atoms with E-state index in [0.29, 0.717) is 11.8 Å². The molecule has 0 aromatic heterocycles. The smallest absolute Gasteiger partial charge is 0.0170 e. The minimum Gasteiger partial charge on any atom is -0.0839 e. The van der Waals surface area contributed by atoms with E-state index in [2.05, 4.69) is 216 Å². The fourth-order valence-corrected chi connectivity index (χ4v) is 14.6. The van der Waals surface area contributed by atoms with Crippen molar-refractivity contribution >= 4 is 75.8 Å². The average molecular weight is 869 g/mol. The maximum absolute atomic E-state index is 2.60. The first-order chi connectivity index (χ1) is 33.3. The van der Waals surface area contributed by atoms with Crippen molar-refractivity contribution < 1.29 is 0 Å². The van der Waals surface area contributed by atoms with Crippen molar-refractivity contribution in [2.24, 2.45) is 17.8 Å². The molecule has 3 unspecified atom stereocenters. The van der Waals surface area contributed by atoms with Gasteiger partial charge in [0, 0.05) is 22.7 Å². The van der Waals surface area contributed by atoms with Gasteiger partial charge < -0.3 is 0 Å². The van der Waals surface area contributed by atoms with Gasteiger partial charge in [-0.1, -0.05) is 204 Å². The van der Waals surface area contributed by atoms with Gasteiger partial charge in [0.25, 0.3) is 0 Å². The van der Waals surface area contributed by atoms with Crippen LogP contribution >= 0.6 is 0 Å². The largest absolute Gasteiger partial charge is 0.0839 e. The van der Waals surface area contributed by atoms with E-state index in [-0.39, 0.29) is 16.7 Å². The van der Waals surface area contributed by atoms with E-state index in [1.807, 2.05) is 0 Å². The third kappa shape index (κ3) is 5.06. The molecule has 10 aromatic carbocycles. The summed E-state index contributed by atoms with van der Waals surface area (Å²) < 4.78 is 0. The molecule has 0 aliphatic heterocycles. The van der Waals surface area contributed by atoms with Crippen LogP contribution in [0.3, 0.4) is 0 Å². The van der Waals surface area contributed by atoms with Crippen molar-refractivity contribution in [1.29, 1.82) is 0 Å². The molecule has 0 nitrogen and oxygen atoms in total. The number of benzene rings is 10. The molecule has 5 aliphatic rings. The average Bonchev–Trinajstić information content (AvgIpc) is 3.75. The van der Waals surface area contributed by atoms with Crippen LogP contribution < -0.4 is 0 Å². The lowest BCUT2D eigenvalue weighted by atomic mass is 9.59. The lowest BCUT2D eigenvalue weighted by Crippen LogP contribution is -2.34. The summed E-state index contributed by atoms with van der Waals surface area (Å²) in [5.74, 6) is 0.906. The van der Waals surface area contributed by atoms with Crippen molar-refractivity contribution in [3.8, 4) is 22.3 Å². The van der Waals surface area contributed by atoms with Gasteiger partial charge in [0.05, 0.1) is 0 Å². The molecule has 0 bridgehead atoms. The Bertz CT molecular complexity index is 4020. The maximum Gasteiger partial charge on any atom is 0.0170 e. The Kier molecular flexibility index (Phi) is 7.80. The van der Waals surface area contributed by atoms with Gasteiger partial charge in [0.2, 0.25) is 0 Å². The number of hydrogen-bond donors (Lipinski definition) is 0. The maximum atomic E-state index is 2.60. The van der Waals surface area contributed by atoms with E-state index in [1.165, 1.54) is 115 Å². The molecule has 324 valence electrons. The van der Waals surface area contributed by atoms with Crippen LogP contribution in [0, 0.1) is 17.8 Å². The molecule has 0 saturated heterocycles. The van der Waals surface area contributed by atoms with E-state index in [9.17, 15) is 0 Å². The molecule has 68 heavy (non-hydrogen) atoms. The highest BCUT2D eigenvalue weighted by Gasteiger charge is 2.56. The Morgan fingerprint density at radius 1 is 0.441 bits per heavy atom. The molecule has 0 heteroatoms. The van der Waals surface area contributed by atoms with Crippen LogP contribution in [-0.2, 0) is 10.8 Å². The topological polar surface area (TPSA) is 0 Å². The summed E-state index contributed by atoms with van der Waals surface area (Å²) in [6, 6.07) is 56.7. The van der Waals surface area contributed by atoms with Crippen molar-refractivity contribution in [2.75, 3.05) is 0 Å². The van der Waals surface area contributed by atoms with Gasteiger partial charge in [-0.05, 0) is 174 Å². The molecule has 3 atom stereocenters. The van der Waals surface area contributed by atoms with E-state index < -0.39 is 0 Å². The summed E-state index contributed by atoms with van der Waals surface area (Å²) in [6.07, 6.45) is 20.4. The number of fused-ring (bicyclic) bond motifs is 5. The molecular weight excluding hydrogens is 817 g/mol. The molecular formula is C68H52. The van der Waals surface area contributed by atoms with Gasteiger partial charge >= 0.3 is 0 Å². The molecule has 0 amide bonds. The Morgan fingerprint density at radius 2 is 0.926 bits per heavy atom. The fraction of sp³-hybridized carbons (Fsp3) is 0.176. The molecule has 0 fully saturated rings. The summed E-state index contributed by atoms with van der Waals surface area (Å²) in [5.41, 5.74) is 18.4. The zero-order valence-corrected chi connectivity index (χ0v) is 39.3. The normalized spacial score (nSPS) is 21.2. The minimum absolute atomic E-state index is 0.229. The van der Waals surface area contributed by atoms with E-state index in [1.54, 1.807) is 22.3 Å². The summed E-state index contributed by atoms with van der Waals surface area (Å²) in [5, 5.41) is 16.1. The molecule has 0 N–H and O–H groups in total. The Labute approximate surface area is 398 Å². The van der Waals surface area contributed by atoms with Gasteiger partial charge in [-0.3, -0.25) is 0 Å². The summed E-state index contributed by atoms with van der Waals surface area (Å²) in [7, 11) is 0. The van der Waals surface area contributed by atoms with Gasteiger partial charge in [0.15, 0.2) is 0 Å². The van der Waals surface area contributed by atoms with Crippen LogP contribution in [0.2, 0.25) is 0 Å². The first-order valence-corrected chi connectivity index (χ1v) is 25.1. The lowest BCUT2D eigenvalue weighted by molar-refractivity contribution is 0.421. The number of rotatable bonds is 4. The fourth-order valence-electron chi connectivity index (χ4n) is 14.6. The van der Waals surface area contributed by atoms with Gasteiger partial charge in [-0.2, -0.15) is 0 Å². The van der Waals surface area contributed by atoms with Gasteiger partial charge in [0.1, 0.15) is 0 Å². The highest BCUT2D eigenvalue weighted by Crippen LogP contribution is 2.68. The van der Waals surface area contributed by atoms with Crippen molar-refractivity contribution in [1.82, 2.24) is 0 Å². The predicted molar refractivity (Wildman–Crippen MR) is 291 cm³/mol. The lowest BCUT2D eigenvalue weighted by Gasteiger charge is -2.44. The van der Waals surface area contributed by atoms with Gasteiger partial charge in [-0.15, -0.1) is 0 Å². The van der Waals surface area contributed by atoms with Crippen molar-refractivity contribution in [3.63, 3.8) is 0 Å². The molecule has 5 aliphatic carbocycles. The van der Waals surface area contributed by atoms with Crippen LogP contribution in [0.4, 0.5) is 0 Å². The first kappa shape index (κ1) is 38.8. The molecule has 0 spiro atoms. The highest BCUT2D eigenvalue weighted by atomic mass is 14.6. The van der Waals surface area contributed by atoms with E-state index in [4.69, 9.17) is 0 Å². The van der Waals surface area contributed by atoms with E-state index in [0.717, 1.165) is 19.3 Å². The Morgan fingerprint density at radius 3 is 1.44 bits per heavy atom. The van der Waals surface area contributed by atoms with Crippen LogP contribution in [-0.4, -0.2) is 0 Å². The SMILES string of the molecule is CC1(C)C2=C(c3ccc(-c4ccc5ccc6cccc7ccc4c5c67)cc31)C(C1=CCCC=C1)C(C1C=CC=CC1)C1=C2C(C)(C)c2cc(-c3ccc4ccc5cccc6ccc3c4c56)ccc21.